The number of hydrogen-bond donors (Lipinski definition) is 1. The number of carbonyl (C=O) groups excluding carboxylic acids is 2. The molecular formula is C20H24N4O2. The zero-order valence-corrected chi connectivity index (χ0v) is 15.2. The molecule has 26 heavy (non-hydrogen) atoms. The van der Waals surface area contributed by atoms with Gasteiger partial charge in [-0.25, -0.2) is 4.98 Å². The number of benzene rings is 1. The molecule has 136 valence electrons. The topological polar surface area (TPSA) is 65.5 Å². The molecule has 2 amide bonds. The van der Waals surface area contributed by atoms with E-state index in [-0.39, 0.29) is 11.8 Å². The van der Waals surface area contributed by atoms with Gasteiger partial charge >= 0.3 is 0 Å². The van der Waals surface area contributed by atoms with Crippen molar-refractivity contribution in [2.45, 2.75) is 20.3 Å². The van der Waals surface area contributed by atoms with Crippen LogP contribution in [0.15, 0.2) is 42.6 Å². The molecule has 1 aliphatic rings. The Balaban J connectivity index is 1.53. The standard InChI is InChI=1S/C20H24N4O2/c1-15-3-5-17(6-4-15)13-20(26)22-18-7-8-19(21-14-18)24-11-9-23(10-12-24)16(2)25/h3-8,14H,9-13H2,1-2H3,(H,22,26). The Bertz CT molecular complexity index is 763. The van der Waals surface area contributed by atoms with Crippen LogP contribution in [-0.2, 0) is 16.0 Å². The molecule has 0 spiro atoms. The molecule has 2 aromatic rings. The highest BCUT2D eigenvalue weighted by Gasteiger charge is 2.19. The van der Waals surface area contributed by atoms with Gasteiger partial charge < -0.3 is 15.1 Å². The number of piperazine rings is 1. The molecule has 1 fully saturated rings. The summed E-state index contributed by atoms with van der Waals surface area (Å²) in [6.45, 7) is 6.59. The molecule has 0 radical (unpaired) electrons. The minimum absolute atomic E-state index is 0.0570. The minimum Gasteiger partial charge on any atom is -0.353 e. The summed E-state index contributed by atoms with van der Waals surface area (Å²) in [6.07, 6.45) is 2.02. The van der Waals surface area contributed by atoms with Crippen molar-refractivity contribution < 1.29 is 9.59 Å². The van der Waals surface area contributed by atoms with Crippen LogP contribution in [-0.4, -0.2) is 47.9 Å². The van der Waals surface area contributed by atoms with Gasteiger partial charge in [0.2, 0.25) is 11.8 Å². The predicted molar refractivity (Wildman–Crippen MR) is 102 cm³/mol. The fourth-order valence-corrected chi connectivity index (χ4v) is 2.99. The van der Waals surface area contributed by atoms with Gasteiger partial charge in [0.15, 0.2) is 0 Å². The third-order valence-corrected chi connectivity index (χ3v) is 4.57. The number of nitrogens with zero attached hydrogens (tertiary/aromatic N) is 3. The molecule has 6 heteroatoms. The lowest BCUT2D eigenvalue weighted by molar-refractivity contribution is -0.129. The first kappa shape index (κ1) is 17.9. The summed E-state index contributed by atoms with van der Waals surface area (Å²) < 4.78 is 0. The Morgan fingerprint density at radius 1 is 1.04 bits per heavy atom. The van der Waals surface area contributed by atoms with E-state index in [1.54, 1.807) is 13.1 Å². The third kappa shape index (κ3) is 4.59. The van der Waals surface area contributed by atoms with E-state index in [4.69, 9.17) is 0 Å². The van der Waals surface area contributed by atoms with E-state index in [0.717, 1.165) is 24.5 Å². The van der Waals surface area contributed by atoms with Crippen LogP contribution in [0.2, 0.25) is 0 Å². The number of carbonyl (C=O) groups is 2. The lowest BCUT2D eigenvalue weighted by atomic mass is 10.1. The molecule has 3 rings (SSSR count). The summed E-state index contributed by atoms with van der Waals surface area (Å²) in [5.41, 5.74) is 2.85. The summed E-state index contributed by atoms with van der Waals surface area (Å²) in [4.78, 5) is 32.0. The average Bonchev–Trinajstić information content (AvgIpc) is 2.64. The van der Waals surface area contributed by atoms with E-state index in [1.807, 2.05) is 48.2 Å². The molecular weight excluding hydrogens is 328 g/mol. The Morgan fingerprint density at radius 3 is 2.31 bits per heavy atom. The third-order valence-electron chi connectivity index (χ3n) is 4.57. The van der Waals surface area contributed by atoms with Crippen molar-refractivity contribution in [2.75, 3.05) is 36.4 Å². The maximum absolute atomic E-state index is 12.2. The van der Waals surface area contributed by atoms with Crippen molar-refractivity contribution in [3.63, 3.8) is 0 Å². The summed E-state index contributed by atoms with van der Waals surface area (Å²) in [7, 11) is 0. The second kappa shape index (κ2) is 7.99. The molecule has 1 aromatic heterocycles. The second-order valence-electron chi connectivity index (χ2n) is 6.61. The zero-order chi connectivity index (χ0) is 18.5. The second-order valence-corrected chi connectivity index (χ2v) is 6.61. The molecule has 0 aliphatic carbocycles. The van der Waals surface area contributed by atoms with Crippen LogP contribution in [0, 0.1) is 6.92 Å². The number of hydrogen-bond acceptors (Lipinski definition) is 4. The van der Waals surface area contributed by atoms with E-state index in [9.17, 15) is 9.59 Å². The monoisotopic (exact) mass is 352 g/mol. The molecule has 0 unspecified atom stereocenters. The van der Waals surface area contributed by atoms with E-state index >= 15 is 0 Å². The van der Waals surface area contributed by atoms with Crippen LogP contribution in [0.3, 0.4) is 0 Å². The first-order valence-corrected chi connectivity index (χ1v) is 8.83. The quantitative estimate of drug-likeness (QED) is 0.916. The summed E-state index contributed by atoms with van der Waals surface area (Å²) in [5, 5.41) is 2.88. The van der Waals surface area contributed by atoms with Crippen molar-refractivity contribution in [2.24, 2.45) is 0 Å². The Kier molecular flexibility index (Phi) is 5.51. The SMILES string of the molecule is CC(=O)N1CCN(c2ccc(NC(=O)Cc3ccc(C)cc3)cn2)CC1. The normalized spacial score (nSPS) is 14.2. The minimum atomic E-state index is -0.0570. The van der Waals surface area contributed by atoms with E-state index in [1.165, 1.54) is 5.56 Å². The highest BCUT2D eigenvalue weighted by Crippen LogP contribution is 2.16. The molecule has 1 aliphatic heterocycles. The Morgan fingerprint density at radius 2 is 1.73 bits per heavy atom. The van der Waals surface area contributed by atoms with Gasteiger partial charge in [0.05, 0.1) is 18.3 Å². The van der Waals surface area contributed by atoms with E-state index < -0.39 is 0 Å². The number of amides is 2. The number of aromatic nitrogens is 1. The van der Waals surface area contributed by atoms with Gasteiger partial charge in [-0.05, 0) is 24.6 Å². The van der Waals surface area contributed by atoms with Gasteiger partial charge in [0.1, 0.15) is 5.82 Å². The van der Waals surface area contributed by atoms with Gasteiger partial charge in [-0.2, -0.15) is 0 Å². The van der Waals surface area contributed by atoms with Crippen LogP contribution in [0.4, 0.5) is 11.5 Å². The molecule has 1 aromatic carbocycles. The van der Waals surface area contributed by atoms with Gasteiger partial charge in [-0.3, -0.25) is 9.59 Å². The van der Waals surface area contributed by atoms with Crippen LogP contribution in [0.5, 0.6) is 0 Å². The molecule has 0 atom stereocenters. The molecule has 2 heterocycles. The van der Waals surface area contributed by atoms with Crippen molar-refractivity contribution >= 4 is 23.3 Å². The Labute approximate surface area is 153 Å². The van der Waals surface area contributed by atoms with E-state index in [2.05, 4.69) is 15.2 Å². The van der Waals surface area contributed by atoms with Crippen LogP contribution in [0.1, 0.15) is 18.1 Å². The average molecular weight is 352 g/mol. The number of nitrogens with one attached hydrogen (secondary N) is 1. The van der Waals surface area contributed by atoms with Gasteiger partial charge in [0, 0.05) is 33.1 Å². The summed E-state index contributed by atoms with van der Waals surface area (Å²) in [6, 6.07) is 11.7. The smallest absolute Gasteiger partial charge is 0.228 e. The van der Waals surface area contributed by atoms with Crippen LogP contribution in [0.25, 0.3) is 0 Å². The first-order valence-electron chi connectivity index (χ1n) is 8.83. The highest BCUT2D eigenvalue weighted by atomic mass is 16.2. The first-order chi connectivity index (χ1) is 12.5. The maximum atomic E-state index is 12.2. The summed E-state index contributed by atoms with van der Waals surface area (Å²) >= 11 is 0. The molecule has 1 saturated heterocycles. The lowest BCUT2D eigenvalue weighted by Gasteiger charge is -2.34. The van der Waals surface area contributed by atoms with Crippen molar-refractivity contribution in [3.8, 4) is 0 Å². The molecule has 1 N–H and O–H groups in total. The molecule has 0 bridgehead atoms. The van der Waals surface area contributed by atoms with E-state index in [0.29, 0.717) is 25.2 Å². The molecule has 6 nitrogen and oxygen atoms in total. The van der Waals surface area contributed by atoms with Crippen molar-refractivity contribution in [1.29, 1.82) is 0 Å². The lowest BCUT2D eigenvalue weighted by Crippen LogP contribution is -2.48. The fraction of sp³-hybridized carbons (Fsp3) is 0.350. The van der Waals surface area contributed by atoms with Gasteiger partial charge in [-0.15, -0.1) is 0 Å². The predicted octanol–water partition coefficient (Wildman–Crippen LogP) is 2.24. The Hall–Kier alpha value is -2.89. The number of aryl methyl sites for hydroxylation is 1. The van der Waals surface area contributed by atoms with Crippen molar-refractivity contribution in [3.05, 3.63) is 53.7 Å². The largest absolute Gasteiger partial charge is 0.353 e. The highest BCUT2D eigenvalue weighted by molar-refractivity contribution is 5.92. The van der Waals surface area contributed by atoms with Gasteiger partial charge in [0.25, 0.3) is 0 Å². The zero-order valence-electron chi connectivity index (χ0n) is 15.2. The van der Waals surface area contributed by atoms with Crippen LogP contribution < -0.4 is 10.2 Å². The van der Waals surface area contributed by atoms with Crippen LogP contribution >= 0.6 is 0 Å². The van der Waals surface area contributed by atoms with Gasteiger partial charge in [-0.1, -0.05) is 29.8 Å². The van der Waals surface area contributed by atoms with Crippen molar-refractivity contribution in [1.82, 2.24) is 9.88 Å². The fourth-order valence-electron chi connectivity index (χ4n) is 2.99. The number of pyridine rings is 1. The maximum Gasteiger partial charge on any atom is 0.228 e. The number of rotatable bonds is 4. The molecule has 0 saturated carbocycles. The summed E-state index contributed by atoms with van der Waals surface area (Å²) in [5.74, 6) is 0.924. The number of anilines is 2.